The molecule has 126 valence electrons. The molecule has 1 aromatic carbocycles. The standard InChI is InChI=1S/C16H14Cl2N2O3S/c17-11-4-1-9(7-12(11)18)8-13-15(22)20(16(23)24-13)6-5-19-14(21)10-2-3-10/h1,4,7-8,10H,2-3,5-6H2,(H,19,21)/b13-8-. The number of rotatable bonds is 5. The number of carbonyl (C=O) groups excluding carboxylic acids is 3. The summed E-state index contributed by atoms with van der Waals surface area (Å²) in [6.07, 6.45) is 3.44. The molecule has 0 unspecified atom stereocenters. The van der Waals surface area contributed by atoms with Crippen LogP contribution >= 0.6 is 35.0 Å². The molecule has 0 spiro atoms. The van der Waals surface area contributed by atoms with E-state index in [1.807, 2.05) is 0 Å². The largest absolute Gasteiger partial charge is 0.354 e. The first-order chi connectivity index (χ1) is 11.5. The van der Waals surface area contributed by atoms with Gasteiger partial charge < -0.3 is 5.32 Å². The lowest BCUT2D eigenvalue weighted by molar-refractivity contribution is -0.124. The second kappa shape index (κ2) is 7.17. The first-order valence-corrected chi connectivity index (χ1v) is 9.01. The summed E-state index contributed by atoms with van der Waals surface area (Å²) in [5.41, 5.74) is 0.692. The van der Waals surface area contributed by atoms with E-state index in [9.17, 15) is 14.4 Å². The molecule has 5 nitrogen and oxygen atoms in total. The van der Waals surface area contributed by atoms with Crippen LogP contribution in [0.4, 0.5) is 4.79 Å². The van der Waals surface area contributed by atoms with Gasteiger partial charge in [0.1, 0.15) is 0 Å². The summed E-state index contributed by atoms with van der Waals surface area (Å²) >= 11 is 12.7. The highest BCUT2D eigenvalue weighted by molar-refractivity contribution is 8.18. The van der Waals surface area contributed by atoms with Crippen molar-refractivity contribution in [2.75, 3.05) is 13.1 Å². The van der Waals surface area contributed by atoms with Gasteiger partial charge in [0.25, 0.3) is 11.1 Å². The van der Waals surface area contributed by atoms with E-state index in [0.29, 0.717) is 20.5 Å². The zero-order valence-corrected chi connectivity index (χ0v) is 14.9. The van der Waals surface area contributed by atoms with Gasteiger partial charge in [0.2, 0.25) is 5.91 Å². The van der Waals surface area contributed by atoms with Crippen molar-refractivity contribution in [2.24, 2.45) is 5.92 Å². The fraction of sp³-hybridized carbons (Fsp3) is 0.312. The summed E-state index contributed by atoms with van der Waals surface area (Å²) in [6, 6.07) is 4.99. The van der Waals surface area contributed by atoms with E-state index in [1.54, 1.807) is 24.3 Å². The maximum Gasteiger partial charge on any atom is 0.293 e. The minimum Gasteiger partial charge on any atom is -0.354 e. The number of nitrogens with zero attached hydrogens (tertiary/aromatic N) is 1. The second-order valence-corrected chi connectivity index (χ2v) is 7.38. The number of benzene rings is 1. The number of amides is 3. The van der Waals surface area contributed by atoms with Crippen LogP contribution in [0.5, 0.6) is 0 Å². The van der Waals surface area contributed by atoms with Gasteiger partial charge in [0.15, 0.2) is 0 Å². The maximum absolute atomic E-state index is 12.3. The van der Waals surface area contributed by atoms with Crippen molar-refractivity contribution in [3.63, 3.8) is 0 Å². The Kier molecular flexibility index (Phi) is 5.18. The molecule has 3 rings (SSSR count). The predicted molar refractivity (Wildman–Crippen MR) is 94.9 cm³/mol. The highest BCUT2D eigenvalue weighted by atomic mass is 35.5. The number of hydrogen-bond donors (Lipinski definition) is 1. The fourth-order valence-corrected chi connectivity index (χ4v) is 3.40. The first-order valence-electron chi connectivity index (χ1n) is 7.44. The number of carbonyl (C=O) groups is 3. The van der Waals surface area contributed by atoms with E-state index in [2.05, 4.69) is 5.32 Å². The van der Waals surface area contributed by atoms with Crippen LogP contribution in [-0.2, 0) is 9.59 Å². The number of halogens is 2. The van der Waals surface area contributed by atoms with Crippen LogP contribution in [0.1, 0.15) is 18.4 Å². The van der Waals surface area contributed by atoms with Crippen molar-refractivity contribution < 1.29 is 14.4 Å². The zero-order chi connectivity index (χ0) is 17.3. The van der Waals surface area contributed by atoms with Crippen molar-refractivity contribution >= 4 is 58.1 Å². The molecule has 1 saturated carbocycles. The van der Waals surface area contributed by atoms with E-state index in [1.165, 1.54) is 0 Å². The quantitative estimate of drug-likeness (QED) is 0.788. The Hall–Kier alpha value is -1.50. The van der Waals surface area contributed by atoms with Gasteiger partial charge in [-0.1, -0.05) is 29.3 Å². The molecule has 2 fully saturated rings. The van der Waals surface area contributed by atoms with E-state index in [4.69, 9.17) is 23.2 Å². The molecule has 2 aliphatic rings. The smallest absolute Gasteiger partial charge is 0.293 e. The average Bonchev–Trinajstić information content (AvgIpc) is 3.35. The molecular formula is C16H14Cl2N2O3S. The molecule has 1 aromatic rings. The fourth-order valence-electron chi connectivity index (χ4n) is 2.23. The lowest BCUT2D eigenvalue weighted by Gasteiger charge is -2.12. The Morgan fingerprint density at radius 2 is 2.04 bits per heavy atom. The van der Waals surface area contributed by atoms with Crippen LogP contribution in [0.2, 0.25) is 10.0 Å². The molecule has 24 heavy (non-hydrogen) atoms. The molecule has 8 heteroatoms. The molecule has 3 amide bonds. The van der Waals surface area contributed by atoms with Crippen LogP contribution in [0.25, 0.3) is 6.08 Å². The van der Waals surface area contributed by atoms with E-state index in [-0.39, 0.29) is 36.1 Å². The second-order valence-electron chi connectivity index (χ2n) is 5.57. The number of imide groups is 1. The highest BCUT2D eigenvalue weighted by Gasteiger charge is 2.35. The van der Waals surface area contributed by atoms with Gasteiger partial charge in [-0.25, -0.2) is 0 Å². The molecule has 0 atom stereocenters. The van der Waals surface area contributed by atoms with Crippen molar-refractivity contribution in [1.29, 1.82) is 0 Å². The van der Waals surface area contributed by atoms with Gasteiger partial charge in [-0.05, 0) is 48.4 Å². The number of thioether (sulfide) groups is 1. The monoisotopic (exact) mass is 384 g/mol. The zero-order valence-electron chi connectivity index (χ0n) is 12.6. The lowest BCUT2D eigenvalue weighted by atomic mass is 10.2. The summed E-state index contributed by atoms with van der Waals surface area (Å²) in [5, 5.41) is 3.21. The predicted octanol–water partition coefficient (Wildman–Crippen LogP) is 3.56. The van der Waals surface area contributed by atoms with E-state index in [0.717, 1.165) is 29.5 Å². The molecule has 1 heterocycles. The van der Waals surface area contributed by atoms with Gasteiger partial charge in [-0.2, -0.15) is 0 Å². The maximum atomic E-state index is 12.3. The summed E-state index contributed by atoms with van der Waals surface area (Å²) in [5.74, 6) is -0.264. The topological polar surface area (TPSA) is 66.5 Å². The molecule has 1 saturated heterocycles. The van der Waals surface area contributed by atoms with Crippen LogP contribution in [0.3, 0.4) is 0 Å². The van der Waals surface area contributed by atoms with Gasteiger partial charge in [0, 0.05) is 19.0 Å². The number of nitrogens with one attached hydrogen (secondary N) is 1. The minimum absolute atomic E-state index is 0.00619. The third-order valence-electron chi connectivity index (χ3n) is 3.70. The summed E-state index contributed by atoms with van der Waals surface area (Å²) < 4.78 is 0. The molecular weight excluding hydrogens is 371 g/mol. The van der Waals surface area contributed by atoms with Crippen LogP contribution in [0, 0.1) is 5.92 Å². The van der Waals surface area contributed by atoms with Crippen LogP contribution in [0.15, 0.2) is 23.1 Å². The van der Waals surface area contributed by atoms with E-state index >= 15 is 0 Å². The van der Waals surface area contributed by atoms with Crippen LogP contribution < -0.4 is 5.32 Å². The molecule has 0 bridgehead atoms. The molecule has 1 aliphatic heterocycles. The average molecular weight is 385 g/mol. The van der Waals surface area contributed by atoms with Gasteiger partial charge in [0.05, 0.1) is 15.0 Å². The van der Waals surface area contributed by atoms with Crippen molar-refractivity contribution in [2.45, 2.75) is 12.8 Å². The van der Waals surface area contributed by atoms with Gasteiger partial charge >= 0.3 is 0 Å². The summed E-state index contributed by atoms with van der Waals surface area (Å²) in [6.45, 7) is 0.440. The molecule has 1 N–H and O–H groups in total. The Morgan fingerprint density at radius 3 is 2.71 bits per heavy atom. The lowest BCUT2D eigenvalue weighted by Crippen LogP contribution is -2.37. The summed E-state index contributed by atoms with van der Waals surface area (Å²) in [4.78, 5) is 37.4. The SMILES string of the molecule is O=C(NCCN1C(=O)S/C(=C\c2ccc(Cl)c(Cl)c2)C1=O)C1CC1. The number of hydrogen-bond acceptors (Lipinski definition) is 4. The Bertz CT molecular complexity index is 747. The Labute approximate surface area is 153 Å². The normalized spacial score (nSPS) is 19.2. The Morgan fingerprint density at radius 1 is 1.29 bits per heavy atom. The third kappa shape index (κ3) is 3.94. The van der Waals surface area contributed by atoms with Crippen molar-refractivity contribution in [3.8, 4) is 0 Å². The minimum atomic E-state index is -0.364. The van der Waals surface area contributed by atoms with Crippen molar-refractivity contribution in [1.82, 2.24) is 10.2 Å². The van der Waals surface area contributed by atoms with Gasteiger partial charge in [-0.15, -0.1) is 0 Å². The highest BCUT2D eigenvalue weighted by Crippen LogP contribution is 2.33. The molecule has 0 radical (unpaired) electrons. The third-order valence-corrected chi connectivity index (χ3v) is 5.34. The van der Waals surface area contributed by atoms with Crippen LogP contribution in [-0.4, -0.2) is 35.0 Å². The molecule has 0 aromatic heterocycles. The van der Waals surface area contributed by atoms with Gasteiger partial charge in [-0.3, -0.25) is 19.3 Å². The first kappa shape index (κ1) is 17.3. The molecule has 1 aliphatic carbocycles. The summed E-state index contributed by atoms with van der Waals surface area (Å²) in [7, 11) is 0. The van der Waals surface area contributed by atoms with E-state index < -0.39 is 0 Å². The van der Waals surface area contributed by atoms with Crippen molar-refractivity contribution in [3.05, 3.63) is 38.7 Å². The Balaban J connectivity index is 1.63.